The Labute approximate surface area is 157 Å². The first-order valence-corrected chi connectivity index (χ1v) is 10.3. The molecule has 9 nitrogen and oxygen atoms in total. The molecule has 3 aromatic rings. The molecule has 144 valence electrons. The van der Waals surface area contributed by atoms with Crippen LogP contribution < -0.4 is 0 Å². The highest BCUT2D eigenvalue weighted by atomic mass is 32.2. The summed E-state index contributed by atoms with van der Waals surface area (Å²) in [6, 6.07) is 3.48. The van der Waals surface area contributed by atoms with Gasteiger partial charge in [-0.3, -0.25) is 4.68 Å². The molecule has 1 fully saturated rings. The fourth-order valence-corrected chi connectivity index (χ4v) is 5.42. The first-order valence-electron chi connectivity index (χ1n) is 8.83. The standard InChI is InChI=1S/C17H21N5O4S/c1-4-22-12(3)15(11(2)19-22)27(23,24)21-8-7-13(10-21)16-18-17(26-20-16)14-6-5-9-25-14/h5-6,9,13H,4,7-8,10H2,1-3H3/t13-/m0/s1. The quantitative estimate of drug-likeness (QED) is 0.657. The molecule has 0 amide bonds. The molecule has 4 rings (SSSR count). The van der Waals surface area contributed by atoms with Crippen molar-refractivity contribution in [1.82, 2.24) is 24.2 Å². The average Bonchev–Trinajstić information content (AvgIpc) is 3.41. The summed E-state index contributed by atoms with van der Waals surface area (Å²) in [5.41, 5.74) is 1.19. The van der Waals surface area contributed by atoms with Gasteiger partial charge < -0.3 is 8.94 Å². The predicted molar refractivity (Wildman–Crippen MR) is 95.5 cm³/mol. The normalized spacial score (nSPS) is 18.4. The molecular weight excluding hydrogens is 370 g/mol. The van der Waals surface area contributed by atoms with Crippen LogP contribution in [0.3, 0.4) is 0 Å². The van der Waals surface area contributed by atoms with E-state index in [9.17, 15) is 8.42 Å². The van der Waals surface area contributed by atoms with Crippen molar-refractivity contribution in [3.05, 3.63) is 35.6 Å². The van der Waals surface area contributed by atoms with Crippen LogP contribution in [0.4, 0.5) is 0 Å². The molecule has 27 heavy (non-hydrogen) atoms. The number of sulfonamides is 1. The van der Waals surface area contributed by atoms with E-state index in [1.165, 1.54) is 10.6 Å². The average molecular weight is 391 g/mol. The van der Waals surface area contributed by atoms with Crippen LogP contribution >= 0.6 is 0 Å². The van der Waals surface area contributed by atoms with E-state index in [1.807, 2.05) is 6.92 Å². The van der Waals surface area contributed by atoms with Crippen molar-refractivity contribution in [2.45, 2.75) is 44.6 Å². The van der Waals surface area contributed by atoms with Gasteiger partial charge in [0.25, 0.3) is 5.89 Å². The summed E-state index contributed by atoms with van der Waals surface area (Å²) in [6.45, 7) is 6.81. The molecule has 0 saturated carbocycles. The van der Waals surface area contributed by atoms with Gasteiger partial charge in [-0.2, -0.15) is 14.4 Å². The number of aryl methyl sites for hydroxylation is 2. The SMILES string of the molecule is CCn1nc(C)c(S(=O)(=O)N2CC[C@H](c3noc(-c4ccco4)n3)C2)c1C. The van der Waals surface area contributed by atoms with Crippen LogP contribution in [0, 0.1) is 13.8 Å². The second-order valence-electron chi connectivity index (χ2n) is 6.60. The summed E-state index contributed by atoms with van der Waals surface area (Å²) in [7, 11) is -3.62. The van der Waals surface area contributed by atoms with Crippen LogP contribution in [0.15, 0.2) is 32.2 Å². The van der Waals surface area contributed by atoms with Gasteiger partial charge in [0, 0.05) is 25.6 Å². The number of rotatable bonds is 5. The molecular formula is C17H21N5O4S. The topological polar surface area (TPSA) is 107 Å². The summed E-state index contributed by atoms with van der Waals surface area (Å²) in [6.07, 6.45) is 2.17. The van der Waals surface area contributed by atoms with Gasteiger partial charge in [0.05, 0.1) is 17.7 Å². The molecule has 0 radical (unpaired) electrons. The number of hydrogen-bond donors (Lipinski definition) is 0. The monoisotopic (exact) mass is 391 g/mol. The maximum atomic E-state index is 13.2. The Morgan fingerprint density at radius 1 is 1.33 bits per heavy atom. The molecule has 0 unspecified atom stereocenters. The fourth-order valence-electron chi connectivity index (χ4n) is 3.55. The number of furan rings is 1. The van der Waals surface area contributed by atoms with E-state index in [0.717, 1.165) is 0 Å². The van der Waals surface area contributed by atoms with Crippen molar-refractivity contribution < 1.29 is 17.4 Å². The second kappa shape index (κ2) is 6.61. The first-order chi connectivity index (χ1) is 12.9. The Hall–Kier alpha value is -2.46. The third-order valence-electron chi connectivity index (χ3n) is 4.90. The Kier molecular flexibility index (Phi) is 4.39. The minimum atomic E-state index is -3.62. The summed E-state index contributed by atoms with van der Waals surface area (Å²) in [5.74, 6) is 1.17. The zero-order chi connectivity index (χ0) is 19.2. The summed E-state index contributed by atoms with van der Waals surface area (Å²) >= 11 is 0. The van der Waals surface area contributed by atoms with Gasteiger partial charge in [0.1, 0.15) is 4.90 Å². The highest BCUT2D eigenvalue weighted by Gasteiger charge is 2.38. The highest BCUT2D eigenvalue weighted by Crippen LogP contribution is 2.32. The maximum absolute atomic E-state index is 13.2. The summed E-state index contributed by atoms with van der Waals surface area (Å²) in [4.78, 5) is 4.67. The fraction of sp³-hybridized carbons (Fsp3) is 0.471. The lowest BCUT2D eigenvalue weighted by Crippen LogP contribution is -2.29. The van der Waals surface area contributed by atoms with Gasteiger partial charge in [0.15, 0.2) is 11.6 Å². The summed E-state index contributed by atoms with van der Waals surface area (Å²) in [5, 5.41) is 8.35. The van der Waals surface area contributed by atoms with Gasteiger partial charge in [-0.1, -0.05) is 5.16 Å². The van der Waals surface area contributed by atoms with Crippen LogP contribution in [0.5, 0.6) is 0 Å². The molecule has 1 saturated heterocycles. The third-order valence-corrected chi connectivity index (χ3v) is 7.02. The van der Waals surface area contributed by atoms with Crippen LogP contribution in [0.1, 0.15) is 36.5 Å². The van der Waals surface area contributed by atoms with Gasteiger partial charge in [-0.25, -0.2) is 8.42 Å². The molecule has 0 spiro atoms. The van der Waals surface area contributed by atoms with Crippen LogP contribution in [-0.2, 0) is 16.6 Å². The van der Waals surface area contributed by atoms with E-state index >= 15 is 0 Å². The van der Waals surface area contributed by atoms with Crippen molar-refractivity contribution in [3.63, 3.8) is 0 Å². The molecule has 0 aliphatic carbocycles. The van der Waals surface area contributed by atoms with Crippen molar-refractivity contribution >= 4 is 10.0 Å². The Morgan fingerprint density at radius 3 is 2.81 bits per heavy atom. The maximum Gasteiger partial charge on any atom is 0.293 e. The molecule has 0 bridgehead atoms. The molecule has 4 heterocycles. The van der Waals surface area contributed by atoms with Crippen LogP contribution in [0.2, 0.25) is 0 Å². The highest BCUT2D eigenvalue weighted by molar-refractivity contribution is 7.89. The van der Waals surface area contributed by atoms with Gasteiger partial charge in [0.2, 0.25) is 10.0 Å². The Balaban J connectivity index is 1.57. The van der Waals surface area contributed by atoms with Gasteiger partial charge in [-0.05, 0) is 39.3 Å². The predicted octanol–water partition coefficient (Wildman–Crippen LogP) is 2.34. The number of hydrogen-bond acceptors (Lipinski definition) is 7. The molecule has 1 aliphatic heterocycles. The molecule has 10 heteroatoms. The van der Waals surface area contributed by atoms with Crippen LogP contribution in [0.25, 0.3) is 11.7 Å². The minimum Gasteiger partial charge on any atom is -0.459 e. The molecule has 1 atom stereocenters. The molecule has 0 N–H and O–H groups in total. The zero-order valence-corrected chi connectivity index (χ0v) is 16.2. The third kappa shape index (κ3) is 2.98. The van der Waals surface area contributed by atoms with Crippen molar-refractivity contribution in [2.24, 2.45) is 0 Å². The Bertz CT molecular complexity index is 1050. The van der Waals surface area contributed by atoms with Gasteiger partial charge >= 0.3 is 0 Å². The van der Waals surface area contributed by atoms with Crippen molar-refractivity contribution in [3.8, 4) is 11.7 Å². The van der Waals surface area contributed by atoms with Gasteiger partial charge in [-0.15, -0.1) is 0 Å². The van der Waals surface area contributed by atoms with E-state index < -0.39 is 10.0 Å². The summed E-state index contributed by atoms with van der Waals surface area (Å²) < 4.78 is 40.0. The number of aromatic nitrogens is 4. The van der Waals surface area contributed by atoms with E-state index in [1.54, 1.807) is 30.7 Å². The van der Waals surface area contributed by atoms with E-state index in [0.29, 0.717) is 59.8 Å². The molecule has 1 aliphatic rings. The van der Waals surface area contributed by atoms with E-state index in [-0.39, 0.29) is 5.92 Å². The van der Waals surface area contributed by atoms with E-state index in [2.05, 4.69) is 15.2 Å². The second-order valence-corrected chi connectivity index (χ2v) is 8.47. The van der Waals surface area contributed by atoms with Crippen LogP contribution in [-0.4, -0.2) is 45.7 Å². The number of nitrogens with zero attached hydrogens (tertiary/aromatic N) is 5. The van der Waals surface area contributed by atoms with Crippen molar-refractivity contribution in [1.29, 1.82) is 0 Å². The lowest BCUT2D eigenvalue weighted by Gasteiger charge is -2.16. The lowest BCUT2D eigenvalue weighted by atomic mass is 10.1. The van der Waals surface area contributed by atoms with Crippen molar-refractivity contribution in [2.75, 3.05) is 13.1 Å². The van der Waals surface area contributed by atoms with E-state index in [4.69, 9.17) is 8.94 Å². The Morgan fingerprint density at radius 2 is 2.15 bits per heavy atom. The largest absolute Gasteiger partial charge is 0.459 e. The molecule has 3 aromatic heterocycles. The minimum absolute atomic E-state index is 0.117. The lowest BCUT2D eigenvalue weighted by molar-refractivity contribution is 0.403. The first kappa shape index (κ1) is 17.9. The zero-order valence-electron chi connectivity index (χ0n) is 15.4. The molecule has 0 aromatic carbocycles. The smallest absolute Gasteiger partial charge is 0.293 e.